The molecule has 1 aromatic rings. The molecule has 0 saturated heterocycles. The number of hydrogen-bond acceptors (Lipinski definition) is 4. The number of carbonyl (C=O) groups is 1. The number of nitro groups is 1. The lowest BCUT2D eigenvalue weighted by atomic mass is 10.2. The van der Waals surface area contributed by atoms with Gasteiger partial charge in [0.05, 0.1) is 17.7 Å². The first-order valence-corrected chi connectivity index (χ1v) is 4.14. The summed E-state index contributed by atoms with van der Waals surface area (Å²) in [4.78, 5) is 20.9. The standard InChI is InChI=1S/C9H10N2O4/c1-6-3-4-7(10-9(12)15-2)5-8(6)11(13)14/h3-5H,1-2H3,(H,10,12). The Balaban J connectivity index is 2.97. The third kappa shape index (κ3) is 2.67. The second-order valence-corrected chi connectivity index (χ2v) is 2.87. The Kier molecular flexibility index (Phi) is 3.22. The van der Waals surface area contributed by atoms with E-state index in [2.05, 4.69) is 10.1 Å². The van der Waals surface area contributed by atoms with Crippen LogP contribution in [0.3, 0.4) is 0 Å². The predicted octanol–water partition coefficient (Wildman–Crippen LogP) is 2.08. The van der Waals surface area contributed by atoms with E-state index < -0.39 is 11.0 Å². The van der Waals surface area contributed by atoms with Crippen molar-refractivity contribution < 1.29 is 14.5 Å². The molecule has 0 atom stereocenters. The first-order valence-electron chi connectivity index (χ1n) is 4.14. The lowest BCUT2D eigenvalue weighted by Crippen LogP contribution is -2.11. The predicted molar refractivity (Wildman–Crippen MR) is 53.9 cm³/mol. The fraction of sp³-hybridized carbons (Fsp3) is 0.222. The van der Waals surface area contributed by atoms with Crippen LogP contribution in [0.4, 0.5) is 16.2 Å². The number of methoxy groups -OCH3 is 1. The van der Waals surface area contributed by atoms with Crippen molar-refractivity contribution in [2.75, 3.05) is 12.4 Å². The number of amides is 1. The van der Waals surface area contributed by atoms with Crippen molar-refractivity contribution in [2.45, 2.75) is 6.92 Å². The van der Waals surface area contributed by atoms with Crippen LogP contribution in [0.2, 0.25) is 0 Å². The van der Waals surface area contributed by atoms with E-state index in [-0.39, 0.29) is 5.69 Å². The summed E-state index contributed by atoms with van der Waals surface area (Å²) in [5.41, 5.74) is 0.832. The van der Waals surface area contributed by atoms with Crippen LogP contribution in [-0.2, 0) is 4.74 Å². The molecule has 0 bridgehead atoms. The van der Waals surface area contributed by atoms with Crippen molar-refractivity contribution in [3.63, 3.8) is 0 Å². The highest BCUT2D eigenvalue weighted by molar-refractivity contribution is 5.85. The van der Waals surface area contributed by atoms with Crippen molar-refractivity contribution in [2.24, 2.45) is 0 Å². The maximum Gasteiger partial charge on any atom is 0.411 e. The number of nitrogens with zero attached hydrogens (tertiary/aromatic N) is 1. The van der Waals surface area contributed by atoms with Crippen LogP contribution in [0.1, 0.15) is 5.56 Å². The maximum absolute atomic E-state index is 10.8. The molecule has 1 amide bonds. The number of rotatable bonds is 2. The van der Waals surface area contributed by atoms with Crippen LogP contribution in [0.25, 0.3) is 0 Å². The minimum absolute atomic E-state index is 0.0381. The molecular formula is C9H10N2O4. The minimum Gasteiger partial charge on any atom is -0.453 e. The topological polar surface area (TPSA) is 81.5 Å². The molecule has 6 nitrogen and oxygen atoms in total. The van der Waals surface area contributed by atoms with Crippen LogP contribution in [-0.4, -0.2) is 18.1 Å². The van der Waals surface area contributed by atoms with Gasteiger partial charge in [-0.2, -0.15) is 0 Å². The van der Waals surface area contributed by atoms with E-state index in [9.17, 15) is 14.9 Å². The number of aryl methyl sites for hydroxylation is 1. The SMILES string of the molecule is COC(=O)Nc1ccc(C)c([N+](=O)[O-])c1. The van der Waals surface area contributed by atoms with Gasteiger partial charge in [0.15, 0.2) is 0 Å². The molecule has 0 aliphatic carbocycles. The van der Waals surface area contributed by atoms with Gasteiger partial charge < -0.3 is 4.74 Å². The molecule has 0 spiro atoms. The molecule has 0 saturated carbocycles. The molecule has 0 unspecified atom stereocenters. The van der Waals surface area contributed by atoms with Crippen LogP contribution in [0.15, 0.2) is 18.2 Å². The first-order chi connectivity index (χ1) is 7.04. The molecule has 0 aromatic heterocycles. The fourth-order valence-electron chi connectivity index (χ4n) is 1.05. The average molecular weight is 210 g/mol. The summed E-state index contributed by atoms with van der Waals surface area (Å²) < 4.78 is 4.36. The quantitative estimate of drug-likeness (QED) is 0.598. The normalized spacial score (nSPS) is 9.47. The molecule has 6 heteroatoms. The largest absolute Gasteiger partial charge is 0.453 e. The summed E-state index contributed by atoms with van der Waals surface area (Å²) in [6, 6.07) is 4.41. The van der Waals surface area contributed by atoms with Crippen molar-refractivity contribution in [3.8, 4) is 0 Å². The third-order valence-electron chi connectivity index (χ3n) is 1.84. The summed E-state index contributed by atoms with van der Waals surface area (Å²) in [6.45, 7) is 1.63. The van der Waals surface area contributed by atoms with Gasteiger partial charge in [0.2, 0.25) is 0 Å². The summed E-state index contributed by atoms with van der Waals surface area (Å²) >= 11 is 0. The molecule has 0 aliphatic heterocycles. The Bertz CT molecular complexity index is 403. The maximum atomic E-state index is 10.8. The summed E-state index contributed by atoms with van der Waals surface area (Å²) in [6.07, 6.45) is -0.659. The summed E-state index contributed by atoms with van der Waals surface area (Å²) in [5.74, 6) is 0. The molecule has 1 rings (SSSR count). The van der Waals surface area contributed by atoms with E-state index in [4.69, 9.17) is 0 Å². The Morgan fingerprint density at radius 3 is 2.73 bits per heavy atom. The molecule has 80 valence electrons. The molecule has 0 aliphatic rings. The van der Waals surface area contributed by atoms with E-state index in [0.717, 1.165) is 0 Å². The molecule has 15 heavy (non-hydrogen) atoms. The van der Waals surface area contributed by atoms with Gasteiger partial charge in [-0.05, 0) is 13.0 Å². The van der Waals surface area contributed by atoms with E-state index >= 15 is 0 Å². The van der Waals surface area contributed by atoms with Gasteiger partial charge in [-0.1, -0.05) is 6.07 Å². The summed E-state index contributed by atoms with van der Waals surface area (Å²) in [5, 5.41) is 12.9. The van der Waals surface area contributed by atoms with Gasteiger partial charge in [0.25, 0.3) is 5.69 Å². The number of carbonyl (C=O) groups excluding carboxylic acids is 1. The van der Waals surface area contributed by atoms with E-state index in [1.807, 2.05) is 0 Å². The van der Waals surface area contributed by atoms with Gasteiger partial charge in [0.1, 0.15) is 0 Å². The molecule has 0 fully saturated rings. The molecule has 1 N–H and O–H groups in total. The Hall–Kier alpha value is -2.11. The van der Waals surface area contributed by atoms with Gasteiger partial charge in [-0.3, -0.25) is 15.4 Å². The van der Waals surface area contributed by atoms with Crippen LogP contribution in [0.5, 0.6) is 0 Å². The number of benzene rings is 1. The van der Waals surface area contributed by atoms with E-state index in [0.29, 0.717) is 11.3 Å². The van der Waals surface area contributed by atoms with Crippen LogP contribution < -0.4 is 5.32 Å². The van der Waals surface area contributed by atoms with Crippen molar-refractivity contribution in [1.29, 1.82) is 0 Å². The Morgan fingerprint density at radius 1 is 1.53 bits per heavy atom. The van der Waals surface area contributed by atoms with E-state index in [1.54, 1.807) is 19.1 Å². The summed E-state index contributed by atoms with van der Waals surface area (Å²) in [7, 11) is 1.22. The smallest absolute Gasteiger partial charge is 0.411 e. The number of anilines is 1. The van der Waals surface area contributed by atoms with Crippen molar-refractivity contribution in [1.82, 2.24) is 0 Å². The van der Waals surface area contributed by atoms with Gasteiger partial charge >= 0.3 is 6.09 Å². The van der Waals surface area contributed by atoms with Crippen LogP contribution in [0, 0.1) is 17.0 Å². The molecule has 0 heterocycles. The number of hydrogen-bond donors (Lipinski definition) is 1. The molecule has 1 aromatic carbocycles. The first kappa shape index (κ1) is 11.0. The number of nitro benzene ring substituents is 1. The van der Waals surface area contributed by atoms with Crippen molar-refractivity contribution in [3.05, 3.63) is 33.9 Å². The zero-order valence-electron chi connectivity index (χ0n) is 8.31. The second kappa shape index (κ2) is 4.41. The van der Waals surface area contributed by atoms with Crippen LogP contribution >= 0.6 is 0 Å². The van der Waals surface area contributed by atoms with Crippen molar-refractivity contribution >= 4 is 17.5 Å². The van der Waals surface area contributed by atoms with Gasteiger partial charge in [-0.15, -0.1) is 0 Å². The highest BCUT2D eigenvalue weighted by Crippen LogP contribution is 2.22. The molecular weight excluding hydrogens is 200 g/mol. The van der Waals surface area contributed by atoms with Gasteiger partial charge in [0, 0.05) is 11.6 Å². The zero-order chi connectivity index (χ0) is 11.4. The van der Waals surface area contributed by atoms with Gasteiger partial charge in [-0.25, -0.2) is 4.79 Å². The minimum atomic E-state index is -0.659. The number of nitrogens with one attached hydrogen (secondary N) is 1. The number of ether oxygens (including phenoxy) is 1. The van der Waals surface area contributed by atoms with E-state index in [1.165, 1.54) is 13.2 Å². The second-order valence-electron chi connectivity index (χ2n) is 2.87. The molecule has 0 radical (unpaired) electrons. The monoisotopic (exact) mass is 210 g/mol. The highest BCUT2D eigenvalue weighted by atomic mass is 16.6. The zero-order valence-corrected chi connectivity index (χ0v) is 8.31. The lowest BCUT2D eigenvalue weighted by Gasteiger charge is -2.04. The lowest BCUT2D eigenvalue weighted by molar-refractivity contribution is -0.385. The average Bonchev–Trinajstić information content (AvgIpc) is 2.20. The Morgan fingerprint density at radius 2 is 2.20 bits per heavy atom. The highest BCUT2D eigenvalue weighted by Gasteiger charge is 2.11. The Labute approximate surface area is 86.0 Å². The third-order valence-corrected chi connectivity index (χ3v) is 1.84. The fourth-order valence-corrected chi connectivity index (χ4v) is 1.05.